The average molecular weight is 316 g/mol. The van der Waals surface area contributed by atoms with Crippen LogP contribution >= 0.6 is 23.2 Å². The van der Waals surface area contributed by atoms with Gasteiger partial charge in [0.25, 0.3) is 0 Å². The van der Waals surface area contributed by atoms with Crippen LogP contribution in [-0.2, 0) is 11.2 Å². The van der Waals surface area contributed by atoms with Crippen LogP contribution < -0.4 is 4.74 Å². The molecule has 1 heterocycles. The summed E-state index contributed by atoms with van der Waals surface area (Å²) in [6.45, 7) is 2.12. The first-order valence-corrected chi connectivity index (χ1v) is 6.56. The molecule has 0 saturated heterocycles. The Hall–Kier alpha value is -1.72. The van der Waals surface area contributed by atoms with Crippen molar-refractivity contribution < 1.29 is 19.1 Å². The van der Waals surface area contributed by atoms with Crippen LogP contribution in [0, 0.1) is 0 Å². The average Bonchev–Trinajstić information content (AvgIpc) is 2.76. The van der Waals surface area contributed by atoms with Crippen LogP contribution in [0.4, 0.5) is 0 Å². The van der Waals surface area contributed by atoms with E-state index in [1.165, 1.54) is 0 Å². The van der Waals surface area contributed by atoms with E-state index in [-0.39, 0.29) is 24.0 Å². The van der Waals surface area contributed by atoms with Gasteiger partial charge >= 0.3 is 11.9 Å². The summed E-state index contributed by atoms with van der Waals surface area (Å²) in [4.78, 5) is 14.9. The number of nitrogens with zero attached hydrogens (tertiary/aromatic N) is 1. The molecule has 0 aliphatic carbocycles. The van der Waals surface area contributed by atoms with Crippen molar-refractivity contribution in [2.45, 2.75) is 13.3 Å². The lowest BCUT2D eigenvalue weighted by atomic mass is 10.2. The molecule has 1 aromatic carbocycles. The Morgan fingerprint density at radius 2 is 2.15 bits per heavy atom. The van der Waals surface area contributed by atoms with Crippen LogP contribution in [-0.4, -0.2) is 22.7 Å². The highest BCUT2D eigenvalue weighted by Crippen LogP contribution is 2.31. The van der Waals surface area contributed by atoms with Gasteiger partial charge in [0, 0.05) is 5.56 Å². The van der Waals surface area contributed by atoms with Gasteiger partial charge in [0.15, 0.2) is 0 Å². The molecule has 0 radical (unpaired) electrons. The Labute approximate surface area is 125 Å². The largest absolute Gasteiger partial charge is 0.481 e. The number of rotatable bonds is 5. The van der Waals surface area contributed by atoms with Crippen molar-refractivity contribution in [1.82, 2.24) is 4.98 Å². The van der Waals surface area contributed by atoms with E-state index in [0.29, 0.717) is 22.2 Å². The summed E-state index contributed by atoms with van der Waals surface area (Å²) >= 11 is 11.8. The molecule has 5 nitrogen and oxygen atoms in total. The van der Waals surface area contributed by atoms with E-state index in [4.69, 9.17) is 37.5 Å². The van der Waals surface area contributed by atoms with Gasteiger partial charge in [-0.05, 0) is 25.1 Å². The molecule has 0 atom stereocenters. The third-order valence-electron chi connectivity index (χ3n) is 2.42. The number of hydrogen-bond donors (Lipinski definition) is 1. The molecule has 0 saturated carbocycles. The topological polar surface area (TPSA) is 72.6 Å². The molecule has 1 N–H and O–H groups in total. The van der Waals surface area contributed by atoms with Crippen molar-refractivity contribution in [3.63, 3.8) is 0 Å². The zero-order valence-corrected chi connectivity index (χ0v) is 12.0. The molecule has 106 valence electrons. The SMILES string of the molecule is CCOc1oc(-c2ccc(Cl)c(Cl)c2)nc1CC(=O)O. The first-order valence-electron chi connectivity index (χ1n) is 5.81. The lowest BCUT2D eigenvalue weighted by Crippen LogP contribution is -2.03. The Morgan fingerprint density at radius 3 is 2.75 bits per heavy atom. The normalized spacial score (nSPS) is 10.6. The van der Waals surface area contributed by atoms with Crippen LogP contribution in [0.3, 0.4) is 0 Å². The van der Waals surface area contributed by atoms with Crippen LogP contribution in [0.5, 0.6) is 5.95 Å². The minimum absolute atomic E-state index is 0.107. The summed E-state index contributed by atoms with van der Waals surface area (Å²) in [7, 11) is 0. The number of carboxylic acid groups (broad SMARTS) is 1. The van der Waals surface area contributed by atoms with Gasteiger partial charge < -0.3 is 14.3 Å². The summed E-state index contributed by atoms with van der Waals surface area (Å²) in [5, 5.41) is 9.62. The number of oxazole rings is 1. The number of hydrogen-bond acceptors (Lipinski definition) is 4. The second-order valence-corrected chi connectivity index (χ2v) is 4.70. The molecule has 7 heteroatoms. The van der Waals surface area contributed by atoms with Crippen LogP contribution in [0.15, 0.2) is 22.6 Å². The Kier molecular flexibility index (Phi) is 4.52. The maximum absolute atomic E-state index is 10.8. The fourth-order valence-corrected chi connectivity index (χ4v) is 1.89. The van der Waals surface area contributed by atoms with Gasteiger partial charge in [-0.25, -0.2) is 4.98 Å². The van der Waals surface area contributed by atoms with Crippen LogP contribution in [0.25, 0.3) is 11.5 Å². The number of carbonyl (C=O) groups is 1. The highest BCUT2D eigenvalue weighted by molar-refractivity contribution is 6.42. The number of ether oxygens (including phenoxy) is 1. The highest BCUT2D eigenvalue weighted by atomic mass is 35.5. The number of halogens is 2. The van der Waals surface area contributed by atoms with E-state index < -0.39 is 5.97 Å². The fourth-order valence-electron chi connectivity index (χ4n) is 1.59. The Bertz CT molecular complexity index is 639. The molecular weight excluding hydrogens is 305 g/mol. The summed E-state index contributed by atoms with van der Waals surface area (Å²) in [6.07, 6.45) is -0.278. The minimum atomic E-state index is -1.01. The van der Waals surface area contributed by atoms with Gasteiger partial charge in [0.2, 0.25) is 5.89 Å². The Balaban J connectivity index is 2.40. The minimum Gasteiger partial charge on any atom is -0.481 e. The molecule has 0 unspecified atom stereocenters. The molecule has 0 fully saturated rings. The van der Waals surface area contributed by atoms with Gasteiger partial charge in [-0.1, -0.05) is 23.2 Å². The molecule has 0 aliphatic heterocycles. The van der Waals surface area contributed by atoms with E-state index in [1.807, 2.05) is 0 Å². The summed E-state index contributed by atoms with van der Waals surface area (Å²) in [5.74, 6) is -0.667. The molecule has 2 aromatic rings. The summed E-state index contributed by atoms with van der Waals surface area (Å²) < 4.78 is 10.7. The van der Waals surface area contributed by atoms with Gasteiger partial charge in [-0.3, -0.25) is 4.79 Å². The zero-order chi connectivity index (χ0) is 14.7. The first-order chi connectivity index (χ1) is 9.51. The third kappa shape index (κ3) is 3.23. The standard InChI is InChI=1S/C13H11Cl2NO4/c1-2-19-13-10(6-11(17)18)16-12(20-13)7-3-4-8(14)9(15)5-7/h3-5H,2,6H2,1H3,(H,17,18). The molecule has 0 spiro atoms. The van der Waals surface area contributed by atoms with E-state index in [2.05, 4.69) is 4.98 Å². The maximum atomic E-state index is 10.8. The van der Waals surface area contributed by atoms with Crippen molar-refractivity contribution in [2.24, 2.45) is 0 Å². The van der Waals surface area contributed by atoms with Crippen molar-refractivity contribution in [2.75, 3.05) is 6.61 Å². The molecule has 1 aromatic heterocycles. The second kappa shape index (κ2) is 6.15. The molecule has 0 amide bonds. The monoisotopic (exact) mass is 315 g/mol. The number of aliphatic carboxylic acids is 1. The van der Waals surface area contributed by atoms with Crippen LogP contribution in [0.2, 0.25) is 10.0 Å². The quantitative estimate of drug-likeness (QED) is 0.911. The molecule has 0 bridgehead atoms. The zero-order valence-electron chi connectivity index (χ0n) is 10.5. The maximum Gasteiger partial charge on any atom is 0.309 e. The molecule has 20 heavy (non-hydrogen) atoms. The van der Waals surface area contributed by atoms with Gasteiger partial charge in [-0.2, -0.15) is 0 Å². The third-order valence-corrected chi connectivity index (χ3v) is 3.16. The molecular formula is C13H11Cl2NO4. The van der Waals surface area contributed by atoms with Crippen LogP contribution in [0.1, 0.15) is 12.6 Å². The van der Waals surface area contributed by atoms with Crippen molar-refractivity contribution in [3.8, 4) is 17.4 Å². The second-order valence-electron chi connectivity index (χ2n) is 3.89. The number of aromatic nitrogens is 1. The van der Waals surface area contributed by atoms with E-state index >= 15 is 0 Å². The Morgan fingerprint density at radius 1 is 1.40 bits per heavy atom. The van der Waals surface area contributed by atoms with Crippen molar-refractivity contribution in [3.05, 3.63) is 33.9 Å². The molecule has 2 rings (SSSR count). The summed E-state index contributed by atoms with van der Waals surface area (Å²) in [6, 6.07) is 4.89. The number of benzene rings is 1. The van der Waals surface area contributed by atoms with E-state index in [9.17, 15) is 4.79 Å². The highest BCUT2D eigenvalue weighted by Gasteiger charge is 2.18. The first kappa shape index (κ1) is 14.7. The molecule has 0 aliphatic rings. The van der Waals surface area contributed by atoms with Gasteiger partial charge in [0.1, 0.15) is 5.69 Å². The smallest absolute Gasteiger partial charge is 0.309 e. The van der Waals surface area contributed by atoms with Gasteiger partial charge in [0.05, 0.1) is 23.1 Å². The van der Waals surface area contributed by atoms with E-state index in [0.717, 1.165) is 0 Å². The number of carboxylic acids is 1. The summed E-state index contributed by atoms with van der Waals surface area (Å²) in [5.41, 5.74) is 0.831. The van der Waals surface area contributed by atoms with Crippen molar-refractivity contribution in [1.29, 1.82) is 0 Å². The van der Waals surface area contributed by atoms with E-state index in [1.54, 1.807) is 25.1 Å². The predicted molar refractivity (Wildman–Crippen MR) is 74.5 cm³/mol. The fraction of sp³-hybridized carbons (Fsp3) is 0.231. The lowest BCUT2D eigenvalue weighted by Gasteiger charge is -1.99. The van der Waals surface area contributed by atoms with Crippen molar-refractivity contribution >= 4 is 29.2 Å². The lowest BCUT2D eigenvalue weighted by molar-refractivity contribution is -0.136. The van der Waals surface area contributed by atoms with Gasteiger partial charge in [-0.15, -0.1) is 0 Å². The predicted octanol–water partition coefficient (Wildman–Crippen LogP) is 3.67.